The van der Waals surface area contributed by atoms with Crippen molar-refractivity contribution in [1.82, 2.24) is 0 Å². The summed E-state index contributed by atoms with van der Waals surface area (Å²) < 4.78 is 0.946. The zero-order chi connectivity index (χ0) is 17.4. The molecule has 24 heavy (non-hydrogen) atoms. The fraction of sp³-hybridized carbons (Fsp3) is 0.316. The van der Waals surface area contributed by atoms with Gasteiger partial charge in [-0.2, -0.15) is 4.89 Å². The second kappa shape index (κ2) is 6.41. The zero-order valence-corrected chi connectivity index (χ0v) is 15.1. The summed E-state index contributed by atoms with van der Waals surface area (Å²) in [6.45, 7) is 2.92. The second-order valence-corrected chi connectivity index (χ2v) is 7.20. The molecule has 1 fully saturated rings. The highest BCUT2D eigenvalue weighted by molar-refractivity contribution is 9.10. The smallest absolute Gasteiger partial charge is 0.206 e. The molecule has 1 heterocycles. The fourth-order valence-corrected chi connectivity index (χ4v) is 3.43. The van der Waals surface area contributed by atoms with Crippen LogP contribution in [0, 0.1) is 5.92 Å². The van der Waals surface area contributed by atoms with Crippen LogP contribution < -0.4 is 0 Å². The predicted molar refractivity (Wildman–Crippen MR) is 92.9 cm³/mol. The average molecular weight is 391 g/mol. The summed E-state index contributed by atoms with van der Waals surface area (Å²) in [5, 5.41) is 10.4. The van der Waals surface area contributed by atoms with Crippen LogP contribution in [0.1, 0.15) is 31.4 Å². The first-order valence-corrected chi connectivity index (χ1v) is 8.56. The van der Waals surface area contributed by atoms with Crippen LogP contribution in [0.5, 0.6) is 0 Å². The van der Waals surface area contributed by atoms with Crippen molar-refractivity contribution < 1.29 is 19.7 Å². The maximum absolute atomic E-state index is 12.1. The molecular weight excluding hydrogens is 372 g/mol. The molecular formula is C19H19BrO4. The highest BCUT2D eigenvalue weighted by Gasteiger charge is 2.52. The Morgan fingerprint density at radius 3 is 2.25 bits per heavy atom. The van der Waals surface area contributed by atoms with E-state index >= 15 is 0 Å². The summed E-state index contributed by atoms with van der Waals surface area (Å²) in [6, 6.07) is 17.3. The van der Waals surface area contributed by atoms with Gasteiger partial charge in [-0.1, -0.05) is 58.4 Å². The first kappa shape index (κ1) is 17.3. The number of ketones is 1. The maximum atomic E-state index is 12.1. The average Bonchev–Trinajstić information content (AvgIpc) is 2.56. The lowest BCUT2D eigenvalue weighted by molar-refractivity contribution is -0.487. The van der Waals surface area contributed by atoms with Crippen LogP contribution in [0.2, 0.25) is 0 Å². The van der Waals surface area contributed by atoms with E-state index < -0.39 is 17.3 Å². The molecule has 1 N–H and O–H groups in total. The fourth-order valence-electron chi connectivity index (χ4n) is 3.17. The predicted octanol–water partition coefficient (Wildman–Crippen LogP) is 3.96. The minimum atomic E-state index is -1.65. The molecule has 4 nitrogen and oxygen atoms in total. The molecule has 3 unspecified atom stereocenters. The molecule has 2 aromatic rings. The Labute approximate surface area is 149 Å². The molecule has 0 aromatic heterocycles. The lowest BCUT2D eigenvalue weighted by Crippen LogP contribution is -2.53. The lowest BCUT2D eigenvalue weighted by Gasteiger charge is -2.45. The van der Waals surface area contributed by atoms with Gasteiger partial charge in [0, 0.05) is 10.9 Å². The van der Waals surface area contributed by atoms with Crippen LogP contribution >= 0.6 is 15.9 Å². The monoisotopic (exact) mass is 390 g/mol. The highest BCUT2D eigenvalue weighted by atomic mass is 79.9. The molecule has 3 atom stereocenters. The van der Waals surface area contributed by atoms with Gasteiger partial charge >= 0.3 is 0 Å². The van der Waals surface area contributed by atoms with Crippen molar-refractivity contribution in [2.45, 2.75) is 31.7 Å². The standard InChI is InChI=1S/C19H19BrO4/c1-13(21)17-12-19(24-23-18(17,2)22,14-6-4-3-5-7-14)15-8-10-16(20)11-9-15/h3-11,17,22H,12H2,1-2H3. The summed E-state index contributed by atoms with van der Waals surface area (Å²) in [5.41, 5.74) is 0.772. The van der Waals surface area contributed by atoms with Crippen molar-refractivity contribution in [1.29, 1.82) is 0 Å². The van der Waals surface area contributed by atoms with Gasteiger partial charge in [0.25, 0.3) is 0 Å². The summed E-state index contributed by atoms with van der Waals surface area (Å²) in [4.78, 5) is 23.2. The van der Waals surface area contributed by atoms with E-state index in [4.69, 9.17) is 9.78 Å². The van der Waals surface area contributed by atoms with Crippen molar-refractivity contribution >= 4 is 21.7 Å². The van der Waals surface area contributed by atoms with Crippen LogP contribution in [0.3, 0.4) is 0 Å². The molecule has 1 aliphatic heterocycles. The Morgan fingerprint density at radius 1 is 1.08 bits per heavy atom. The third-order valence-electron chi connectivity index (χ3n) is 4.53. The molecule has 0 amide bonds. The number of carbonyl (C=O) groups excluding carboxylic acids is 1. The number of Topliss-reactive ketones (excluding diaryl/α,β-unsaturated/α-hetero) is 1. The van der Waals surface area contributed by atoms with E-state index in [2.05, 4.69) is 15.9 Å². The van der Waals surface area contributed by atoms with Crippen molar-refractivity contribution in [3.8, 4) is 0 Å². The van der Waals surface area contributed by atoms with E-state index in [1.165, 1.54) is 13.8 Å². The van der Waals surface area contributed by atoms with E-state index in [-0.39, 0.29) is 5.78 Å². The molecule has 2 aromatic carbocycles. The van der Waals surface area contributed by atoms with Gasteiger partial charge < -0.3 is 5.11 Å². The van der Waals surface area contributed by atoms with Gasteiger partial charge in [-0.25, -0.2) is 4.89 Å². The van der Waals surface area contributed by atoms with Gasteiger partial charge in [-0.05, 0) is 37.1 Å². The lowest BCUT2D eigenvalue weighted by atomic mass is 9.75. The molecule has 0 radical (unpaired) electrons. The van der Waals surface area contributed by atoms with E-state index in [1.807, 2.05) is 54.6 Å². The van der Waals surface area contributed by atoms with Gasteiger partial charge in [0.1, 0.15) is 5.78 Å². The number of halogens is 1. The summed E-state index contributed by atoms with van der Waals surface area (Å²) in [7, 11) is 0. The number of carbonyl (C=O) groups is 1. The molecule has 5 heteroatoms. The van der Waals surface area contributed by atoms with Gasteiger partial charge in [0.2, 0.25) is 5.79 Å². The molecule has 0 aliphatic carbocycles. The molecule has 0 saturated carbocycles. The Hall–Kier alpha value is -1.53. The van der Waals surface area contributed by atoms with Gasteiger partial charge in [-0.15, -0.1) is 0 Å². The first-order valence-electron chi connectivity index (χ1n) is 7.76. The Morgan fingerprint density at radius 2 is 1.67 bits per heavy atom. The zero-order valence-electron chi connectivity index (χ0n) is 13.5. The van der Waals surface area contributed by atoms with Gasteiger partial charge in [-0.3, -0.25) is 4.79 Å². The molecule has 1 aliphatic rings. The van der Waals surface area contributed by atoms with Crippen molar-refractivity contribution in [3.63, 3.8) is 0 Å². The maximum Gasteiger partial charge on any atom is 0.206 e. The van der Waals surface area contributed by atoms with E-state index in [1.54, 1.807) is 0 Å². The Balaban J connectivity index is 2.14. The molecule has 0 spiro atoms. The third kappa shape index (κ3) is 3.05. The normalized spacial score (nSPS) is 30.1. The van der Waals surface area contributed by atoms with Crippen LogP contribution in [-0.2, 0) is 20.2 Å². The topological polar surface area (TPSA) is 55.8 Å². The van der Waals surface area contributed by atoms with E-state index in [9.17, 15) is 9.90 Å². The van der Waals surface area contributed by atoms with Crippen LogP contribution in [0.25, 0.3) is 0 Å². The minimum absolute atomic E-state index is 0.138. The molecule has 0 bridgehead atoms. The summed E-state index contributed by atoms with van der Waals surface area (Å²) in [6.07, 6.45) is 0.293. The Kier molecular flexibility index (Phi) is 4.62. The summed E-state index contributed by atoms with van der Waals surface area (Å²) in [5.74, 6) is -2.49. The molecule has 1 saturated heterocycles. The quantitative estimate of drug-likeness (QED) is 0.805. The van der Waals surface area contributed by atoms with Gasteiger partial charge in [0.15, 0.2) is 5.60 Å². The van der Waals surface area contributed by atoms with Crippen LogP contribution in [0.4, 0.5) is 0 Å². The number of hydrogen-bond acceptors (Lipinski definition) is 4. The molecule has 126 valence electrons. The van der Waals surface area contributed by atoms with E-state index in [0.717, 1.165) is 15.6 Å². The van der Waals surface area contributed by atoms with Crippen LogP contribution in [-0.4, -0.2) is 16.7 Å². The highest BCUT2D eigenvalue weighted by Crippen LogP contribution is 2.47. The number of hydrogen-bond donors (Lipinski definition) is 1. The third-order valence-corrected chi connectivity index (χ3v) is 5.06. The van der Waals surface area contributed by atoms with E-state index in [0.29, 0.717) is 6.42 Å². The SMILES string of the molecule is CC(=O)C1CC(c2ccccc2)(c2ccc(Br)cc2)OOC1(C)O. The first-order chi connectivity index (χ1) is 11.3. The van der Waals surface area contributed by atoms with Crippen molar-refractivity contribution in [2.24, 2.45) is 5.92 Å². The second-order valence-electron chi connectivity index (χ2n) is 6.29. The summed E-state index contributed by atoms with van der Waals surface area (Å²) >= 11 is 3.43. The number of rotatable bonds is 3. The van der Waals surface area contributed by atoms with Crippen molar-refractivity contribution in [3.05, 3.63) is 70.2 Å². The number of aliphatic hydroxyl groups is 1. The van der Waals surface area contributed by atoms with Gasteiger partial charge in [0.05, 0.1) is 5.92 Å². The minimum Gasteiger partial charge on any atom is -0.363 e. The Bertz CT molecular complexity index is 727. The largest absolute Gasteiger partial charge is 0.363 e. The molecule has 3 rings (SSSR count). The van der Waals surface area contributed by atoms with Crippen LogP contribution in [0.15, 0.2) is 59.1 Å². The van der Waals surface area contributed by atoms with Crippen molar-refractivity contribution in [2.75, 3.05) is 0 Å². The number of benzene rings is 2.